The van der Waals surface area contributed by atoms with E-state index in [0.29, 0.717) is 18.4 Å². The molecule has 1 aromatic rings. The van der Waals surface area contributed by atoms with Crippen molar-refractivity contribution in [2.75, 3.05) is 26.5 Å². The van der Waals surface area contributed by atoms with Gasteiger partial charge in [0.1, 0.15) is 6.67 Å². The average Bonchev–Trinajstić information content (AvgIpc) is 2.90. The highest BCUT2D eigenvalue weighted by Gasteiger charge is 2.35. The highest BCUT2D eigenvalue weighted by Crippen LogP contribution is 2.44. The van der Waals surface area contributed by atoms with Crippen LogP contribution in [0.1, 0.15) is 71.1 Å². The lowest BCUT2D eigenvalue weighted by atomic mass is 9.67. The van der Waals surface area contributed by atoms with Gasteiger partial charge >= 0.3 is 0 Å². The molecule has 0 N–H and O–H groups in total. The third kappa shape index (κ3) is 6.96. The summed E-state index contributed by atoms with van der Waals surface area (Å²) in [7, 11) is 0. The van der Waals surface area contributed by atoms with Crippen LogP contribution in [0.5, 0.6) is 11.5 Å². The van der Waals surface area contributed by atoms with Gasteiger partial charge in [-0.05, 0) is 113 Å². The summed E-state index contributed by atoms with van der Waals surface area (Å²) in [5.74, 6) is 1.39. The summed E-state index contributed by atoms with van der Waals surface area (Å²) in [6.07, 6.45) is 15.6. The van der Waals surface area contributed by atoms with Gasteiger partial charge in [-0.1, -0.05) is 12.2 Å². The molecule has 0 spiro atoms. The van der Waals surface area contributed by atoms with Gasteiger partial charge in [-0.25, -0.2) is 4.39 Å². The van der Waals surface area contributed by atoms with Crippen molar-refractivity contribution in [1.29, 1.82) is 0 Å². The Morgan fingerprint density at radius 2 is 1.34 bits per heavy atom. The SMILES string of the molecule is CCOc1ccc(OCC2CCC(C3CCC(C4CCC(C=CCF)OC4)CC3)CC2)c(F)c1F. The number of ether oxygens (including phenoxy) is 3. The Morgan fingerprint density at radius 1 is 0.800 bits per heavy atom. The zero-order chi connectivity index (χ0) is 24.6. The van der Waals surface area contributed by atoms with Gasteiger partial charge in [0.2, 0.25) is 11.6 Å². The molecule has 2 saturated carbocycles. The molecule has 2 unspecified atom stereocenters. The number of halogens is 3. The molecular weight excluding hydrogens is 453 g/mol. The molecular formula is C29H41F3O3. The number of rotatable bonds is 9. The van der Waals surface area contributed by atoms with Gasteiger partial charge in [0, 0.05) is 0 Å². The Morgan fingerprint density at radius 3 is 1.89 bits per heavy atom. The van der Waals surface area contributed by atoms with Crippen molar-refractivity contribution in [2.24, 2.45) is 29.6 Å². The Hall–Kier alpha value is -1.69. The van der Waals surface area contributed by atoms with Crippen molar-refractivity contribution in [3.05, 3.63) is 35.9 Å². The van der Waals surface area contributed by atoms with Gasteiger partial charge in [0.25, 0.3) is 0 Å². The third-order valence-corrected chi connectivity index (χ3v) is 8.61. The predicted molar refractivity (Wildman–Crippen MR) is 131 cm³/mol. The van der Waals surface area contributed by atoms with E-state index in [4.69, 9.17) is 14.2 Å². The fraction of sp³-hybridized carbons (Fsp3) is 0.724. The van der Waals surface area contributed by atoms with Crippen LogP contribution in [0.2, 0.25) is 0 Å². The molecule has 1 saturated heterocycles. The van der Waals surface area contributed by atoms with Crippen LogP contribution in [-0.4, -0.2) is 32.6 Å². The summed E-state index contributed by atoms with van der Waals surface area (Å²) < 4.78 is 57.4. The van der Waals surface area contributed by atoms with E-state index in [9.17, 15) is 13.2 Å². The number of alkyl halides is 1. The van der Waals surface area contributed by atoms with E-state index in [1.54, 1.807) is 13.0 Å². The van der Waals surface area contributed by atoms with E-state index in [1.807, 2.05) is 6.08 Å². The molecule has 3 aliphatic rings. The van der Waals surface area contributed by atoms with E-state index in [1.165, 1.54) is 57.1 Å². The lowest BCUT2D eigenvalue weighted by Crippen LogP contribution is -2.33. The number of allylic oxidation sites excluding steroid dienone is 1. The minimum absolute atomic E-state index is 0.0251. The van der Waals surface area contributed by atoms with E-state index in [-0.39, 0.29) is 24.2 Å². The molecule has 196 valence electrons. The second-order valence-corrected chi connectivity index (χ2v) is 10.7. The maximum absolute atomic E-state index is 14.3. The van der Waals surface area contributed by atoms with Crippen LogP contribution in [0.15, 0.2) is 24.3 Å². The first-order chi connectivity index (χ1) is 17.1. The predicted octanol–water partition coefficient (Wildman–Crippen LogP) is 7.68. The fourth-order valence-electron chi connectivity index (χ4n) is 6.53. The van der Waals surface area contributed by atoms with E-state index < -0.39 is 18.3 Å². The number of hydrogen-bond acceptors (Lipinski definition) is 3. The lowest BCUT2D eigenvalue weighted by Gasteiger charge is -2.41. The lowest BCUT2D eigenvalue weighted by molar-refractivity contribution is -0.0195. The molecule has 4 rings (SSSR count). The van der Waals surface area contributed by atoms with Crippen molar-refractivity contribution in [3.8, 4) is 11.5 Å². The minimum Gasteiger partial charge on any atom is -0.491 e. The summed E-state index contributed by atoms with van der Waals surface area (Å²) in [6, 6.07) is 2.90. The van der Waals surface area contributed by atoms with Gasteiger partial charge in [-0.2, -0.15) is 8.78 Å². The normalized spacial score (nSPS) is 32.0. The molecule has 0 aromatic heterocycles. The van der Waals surface area contributed by atoms with Crippen molar-refractivity contribution >= 4 is 0 Å². The number of hydrogen-bond donors (Lipinski definition) is 0. The first-order valence-corrected chi connectivity index (χ1v) is 13.7. The van der Waals surface area contributed by atoms with Gasteiger partial charge < -0.3 is 14.2 Å². The van der Waals surface area contributed by atoms with Crippen molar-refractivity contribution in [2.45, 2.75) is 77.2 Å². The second kappa shape index (κ2) is 13.0. The van der Waals surface area contributed by atoms with Crippen LogP contribution < -0.4 is 9.47 Å². The zero-order valence-electron chi connectivity index (χ0n) is 21.0. The fourth-order valence-corrected chi connectivity index (χ4v) is 6.53. The highest BCUT2D eigenvalue weighted by atomic mass is 19.2. The zero-order valence-corrected chi connectivity index (χ0v) is 21.0. The topological polar surface area (TPSA) is 27.7 Å². The third-order valence-electron chi connectivity index (χ3n) is 8.61. The summed E-state index contributed by atoms with van der Waals surface area (Å²) in [5, 5.41) is 0. The first-order valence-electron chi connectivity index (χ1n) is 13.7. The maximum Gasteiger partial charge on any atom is 0.204 e. The quantitative estimate of drug-likeness (QED) is 0.330. The molecule has 2 atom stereocenters. The largest absolute Gasteiger partial charge is 0.491 e. The summed E-state index contributed by atoms with van der Waals surface area (Å²) in [6.45, 7) is 2.87. The van der Waals surface area contributed by atoms with E-state index >= 15 is 0 Å². The minimum atomic E-state index is -0.975. The van der Waals surface area contributed by atoms with Gasteiger partial charge in [-0.3, -0.25) is 0 Å². The molecule has 3 nitrogen and oxygen atoms in total. The van der Waals surface area contributed by atoms with Crippen molar-refractivity contribution < 1.29 is 27.4 Å². The Labute approximate surface area is 208 Å². The summed E-state index contributed by atoms with van der Waals surface area (Å²) in [5.41, 5.74) is 0. The Bertz CT molecular complexity index is 806. The first kappa shape index (κ1) is 26.4. The standard InChI is InChI=1S/C29H41F3O3/c1-2-33-26-15-16-27(29(32)28(26)31)35-18-20-5-7-21(8-6-20)22-9-11-23(12-10-22)24-13-14-25(34-19-24)4-3-17-30/h3-4,15-16,20-25H,2,5-14,17-19H2,1H3. The highest BCUT2D eigenvalue weighted by molar-refractivity contribution is 5.35. The van der Waals surface area contributed by atoms with E-state index in [2.05, 4.69) is 0 Å². The van der Waals surface area contributed by atoms with Gasteiger partial charge in [-0.15, -0.1) is 0 Å². The average molecular weight is 495 g/mol. The second-order valence-electron chi connectivity index (χ2n) is 10.7. The molecule has 0 radical (unpaired) electrons. The van der Waals surface area contributed by atoms with Crippen molar-refractivity contribution in [3.63, 3.8) is 0 Å². The van der Waals surface area contributed by atoms with Crippen molar-refractivity contribution in [1.82, 2.24) is 0 Å². The van der Waals surface area contributed by atoms with Crippen LogP contribution in [0.25, 0.3) is 0 Å². The Balaban J connectivity index is 1.15. The monoisotopic (exact) mass is 494 g/mol. The van der Waals surface area contributed by atoms with Gasteiger partial charge in [0.15, 0.2) is 11.5 Å². The molecule has 0 amide bonds. The number of benzene rings is 1. The molecule has 0 bridgehead atoms. The van der Waals surface area contributed by atoms with Crippen LogP contribution >= 0.6 is 0 Å². The van der Waals surface area contributed by atoms with Crippen LogP contribution in [0.4, 0.5) is 13.2 Å². The smallest absolute Gasteiger partial charge is 0.204 e. The summed E-state index contributed by atoms with van der Waals surface area (Å²) >= 11 is 0. The van der Waals surface area contributed by atoms with E-state index in [0.717, 1.165) is 43.6 Å². The van der Waals surface area contributed by atoms with Crippen LogP contribution in [0.3, 0.4) is 0 Å². The molecule has 35 heavy (non-hydrogen) atoms. The summed E-state index contributed by atoms with van der Waals surface area (Å²) in [4.78, 5) is 0. The maximum atomic E-state index is 14.3. The molecule has 3 fully saturated rings. The van der Waals surface area contributed by atoms with Crippen LogP contribution in [0, 0.1) is 41.2 Å². The van der Waals surface area contributed by atoms with Gasteiger partial charge in [0.05, 0.1) is 25.9 Å². The molecule has 2 aliphatic carbocycles. The molecule has 1 aliphatic heterocycles. The Kier molecular flexibility index (Phi) is 9.82. The molecule has 1 aromatic carbocycles. The van der Waals surface area contributed by atoms with Crippen LogP contribution in [-0.2, 0) is 4.74 Å². The molecule has 6 heteroatoms. The molecule has 1 heterocycles.